The molecule has 1 aromatic carbocycles. The number of aromatic nitrogens is 1. The van der Waals surface area contributed by atoms with Crippen LogP contribution in [0.15, 0.2) is 42.6 Å². The largest absolute Gasteiger partial charge is 0.494 e. The number of para-hydroxylation sites is 1. The molecule has 0 fully saturated rings. The molecule has 2 rings (SSSR count). The van der Waals surface area contributed by atoms with Gasteiger partial charge in [0.2, 0.25) is 0 Å². The fourth-order valence-corrected chi connectivity index (χ4v) is 2.08. The lowest BCUT2D eigenvalue weighted by Gasteiger charge is -2.21. The van der Waals surface area contributed by atoms with Gasteiger partial charge in [-0.25, -0.2) is 4.98 Å². The molecular formula is C15H17ClN2O. The van der Waals surface area contributed by atoms with Crippen LogP contribution >= 0.6 is 11.6 Å². The van der Waals surface area contributed by atoms with Crippen LogP contribution in [-0.4, -0.2) is 18.6 Å². The Morgan fingerprint density at radius 2 is 2.05 bits per heavy atom. The predicted molar refractivity (Wildman–Crippen MR) is 79.0 cm³/mol. The van der Waals surface area contributed by atoms with E-state index in [4.69, 9.17) is 16.3 Å². The summed E-state index contributed by atoms with van der Waals surface area (Å²) in [5.41, 5.74) is 2.19. The van der Waals surface area contributed by atoms with Gasteiger partial charge < -0.3 is 9.64 Å². The number of pyridine rings is 1. The Morgan fingerprint density at radius 3 is 2.79 bits per heavy atom. The molecule has 3 nitrogen and oxygen atoms in total. The van der Waals surface area contributed by atoms with Crippen molar-refractivity contribution >= 4 is 17.3 Å². The highest BCUT2D eigenvalue weighted by Gasteiger charge is 2.07. The monoisotopic (exact) mass is 276 g/mol. The van der Waals surface area contributed by atoms with Crippen LogP contribution < -0.4 is 9.64 Å². The summed E-state index contributed by atoms with van der Waals surface area (Å²) in [7, 11) is 2.02. The third kappa shape index (κ3) is 3.61. The Kier molecular flexibility index (Phi) is 4.63. The summed E-state index contributed by atoms with van der Waals surface area (Å²) in [5, 5.41) is 0.502. The highest BCUT2D eigenvalue weighted by Crippen LogP contribution is 2.23. The molecule has 0 N–H and O–H groups in total. The Labute approximate surface area is 118 Å². The number of rotatable bonds is 5. The molecule has 0 bridgehead atoms. The number of nitrogens with zero attached hydrogens (tertiary/aromatic N) is 2. The molecule has 19 heavy (non-hydrogen) atoms. The fraction of sp³-hybridized carbons (Fsp3) is 0.267. The summed E-state index contributed by atoms with van der Waals surface area (Å²) in [6.45, 7) is 3.42. The summed E-state index contributed by atoms with van der Waals surface area (Å²) in [6.07, 6.45) is 1.71. The van der Waals surface area contributed by atoms with Crippen molar-refractivity contribution in [2.45, 2.75) is 13.5 Å². The van der Waals surface area contributed by atoms with E-state index < -0.39 is 0 Å². The number of ether oxygens (including phenoxy) is 1. The van der Waals surface area contributed by atoms with Crippen molar-refractivity contribution in [3.63, 3.8) is 0 Å². The van der Waals surface area contributed by atoms with Crippen LogP contribution in [0.3, 0.4) is 0 Å². The van der Waals surface area contributed by atoms with Crippen LogP contribution in [0.25, 0.3) is 0 Å². The zero-order chi connectivity index (χ0) is 13.7. The number of benzene rings is 1. The fourth-order valence-electron chi connectivity index (χ4n) is 1.91. The molecule has 0 radical (unpaired) electrons. The Hall–Kier alpha value is -1.74. The molecule has 0 atom stereocenters. The van der Waals surface area contributed by atoms with Crippen LogP contribution in [0.1, 0.15) is 12.5 Å². The molecule has 0 unspecified atom stereocenters. The minimum absolute atomic E-state index is 0.502. The topological polar surface area (TPSA) is 25.4 Å². The van der Waals surface area contributed by atoms with E-state index in [-0.39, 0.29) is 0 Å². The third-order valence-corrected chi connectivity index (χ3v) is 3.04. The number of hydrogen-bond donors (Lipinski definition) is 0. The van der Waals surface area contributed by atoms with Gasteiger partial charge in [0.05, 0.1) is 6.61 Å². The molecule has 0 spiro atoms. The first-order chi connectivity index (χ1) is 9.20. The molecule has 2 aromatic rings. The summed E-state index contributed by atoms with van der Waals surface area (Å²) in [5.74, 6) is 0.928. The van der Waals surface area contributed by atoms with Crippen molar-refractivity contribution < 1.29 is 4.74 Å². The summed E-state index contributed by atoms with van der Waals surface area (Å²) in [6, 6.07) is 11.9. The first kappa shape index (κ1) is 13.7. The van der Waals surface area contributed by atoms with Crippen LogP contribution in [0.4, 0.5) is 5.69 Å². The molecule has 0 saturated carbocycles. The maximum atomic E-state index is 5.91. The predicted octanol–water partition coefficient (Wildman–Crippen LogP) is 3.77. The zero-order valence-electron chi connectivity index (χ0n) is 11.1. The van der Waals surface area contributed by atoms with Crippen LogP contribution in [0.5, 0.6) is 5.75 Å². The highest BCUT2D eigenvalue weighted by molar-refractivity contribution is 6.29. The lowest BCUT2D eigenvalue weighted by molar-refractivity contribution is 0.336. The third-order valence-electron chi connectivity index (χ3n) is 2.83. The van der Waals surface area contributed by atoms with Crippen molar-refractivity contribution in [3.8, 4) is 5.75 Å². The minimum Gasteiger partial charge on any atom is -0.494 e. The van der Waals surface area contributed by atoms with Gasteiger partial charge in [-0.1, -0.05) is 29.8 Å². The van der Waals surface area contributed by atoms with Crippen molar-refractivity contribution in [1.82, 2.24) is 4.98 Å². The molecule has 1 aromatic heterocycles. The second-order valence-corrected chi connectivity index (χ2v) is 4.62. The molecule has 100 valence electrons. The van der Waals surface area contributed by atoms with Crippen molar-refractivity contribution in [2.75, 3.05) is 18.6 Å². The summed E-state index contributed by atoms with van der Waals surface area (Å²) in [4.78, 5) is 6.11. The molecule has 0 aliphatic carbocycles. The Bertz CT molecular complexity index is 545. The maximum absolute atomic E-state index is 5.91. The van der Waals surface area contributed by atoms with Crippen LogP contribution in [0.2, 0.25) is 5.15 Å². The SMILES string of the molecule is CCOc1ccccc1CN(C)c1ccnc(Cl)c1. The second kappa shape index (κ2) is 6.43. The minimum atomic E-state index is 0.502. The zero-order valence-corrected chi connectivity index (χ0v) is 11.9. The molecule has 0 aliphatic heterocycles. The molecule has 0 aliphatic rings. The first-order valence-corrected chi connectivity index (χ1v) is 6.62. The molecule has 4 heteroatoms. The highest BCUT2D eigenvalue weighted by atomic mass is 35.5. The Morgan fingerprint density at radius 1 is 1.26 bits per heavy atom. The van der Waals surface area contributed by atoms with Crippen molar-refractivity contribution in [2.24, 2.45) is 0 Å². The first-order valence-electron chi connectivity index (χ1n) is 6.24. The molecule has 0 saturated heterocycles. The lowest BCUT2D eigenvalue weighted by Crippen LogP contribution is -2.17. The van der Waals surface area contributed by atoms with Crippen LogP contribution in [-0.2, 0) is 6.54 Å². The van der Waals surface area contributed by atoms with Gasteiger partial charge in [-0.15, -0.1) is 0 Å². The average Bonchev–Trinajstić information content (AvgIpc) is 2.41. The number of anilines is 1. The van der Waals surface area contributed by atoms with E-state index in [2.05, 4.69) is 16.0 Å². The standard InChI is InChI=1S/C15H17ClN2O/c1-3-19-14-7-5-4-6-12(14)11-18(2)13-8-9-17-15(16)10-13/h4-10H,3,11H2,1-2H3. The van der Waals surface area contributed by atoms with E-state index in [0.717, 1.165) is 23.5 Å². The van der Waals surface area contributed by atoms with Gasteiger partial charge >= 0.3 is 0 Å². The molecule has 0 amide bonds. The van der Waals surface area contributed by atoms with E-state index in [9.17, 15) is 0 Å². The van der Waals surface area contributed by atoms with Gasteiger partial charge in [0, 0.05) is 31.0 Å². The van der Waals surface area contributed by atoms with Gasteiger partial charge in [-0.2, -0.15) is 0 Å². The van der Waals surface area contributed by atoms with Crippen molar-refractivity contribution in [3.05, 3.63) is 53.3 Å². The van der Waals surface area contributed by atoms with Gasteiger partial charge in [0.25, 0.3) is 0 Å². The van der Waals surface area contributed by atoms with Crippen molar-refractivity contribution in [1.29, 1.82) is 0 Å². The smallest absolute Gasteiger partial charge is 0.131 e. The van der Waals surface area contributed by atoms with E-state index >= 15 is 0 Å². The van der Waals surface area contributed by atoms with Crippen LogP contribution in [0, 0.1) is 0 Å². The molecule has 1 heterocycles. The quantitative estimate of drug-likeness (QED) is 0.778. The number of halogens is 1. The van der Waals surface area contributed by atoms with Gasteiger partial charge in [0.1, 0.15) is 10.9 Å². The Balaban J connectivity index is 2.16. The number of hydrogen-bond acceptors (Lipinski definition) is 3. The summed E-state index contributed by atoms with van der Waals surface area (Å²) < 4.78 is 5.63. The van der Waals surface area contributed by atoms with Gasteiger partial charge in [0.15, 0.2) is 0 Å². The second-order valence-electron chi connectivity index (χ2n) is 4.23. The van der Waals surface area contributed by atoms with Gasteiger partial charge in [-0.3, -0.25) is 0 Å². The van der Waals surface area contributed by atoms with Gasteiger partial charge in [-0.05, 0) is 25.1 Å². The van der Waals surface area contributed by atoms with E-state index in [1.54, 1.807) is 6.20 Å². The normalized spacial score (nSPS) is 10.3. The average molecular weight is 277 g/mol. The summed E-state index contributed by atoms with van der Waals surface area (Å²) >= 11 is 5.91. The van der Waals surface area contributed by atoms with E-state index in [1.165, 1.54) is 0 Å². The lowest BCUT2D eigenvalue weighted by atomic mass is 10.2. The molecular weight excluding hydrogens is 260 g/mol. The maximum Gasteiger partial charge on any atom is 0.131 e. The van der Waals surface area contributed by atoms with E-state index in [1.807, 2.05) is 44.3 Å². The van der Waals surface area contributed by atoms with E-state index in [0.29, 0.717) is 11.8 Å².